The lowest BCUT2D eigenvalue weighted by atomic mass is 10.2. The van der Waals surface area contributed by atoms with Crippen LogP contribution in [0, 0.1) is 5.82 Å². The van der Waals surface area contributed by atoms with E-state index in [0.29, 0.717) is 29.2 Å². The molecule has 0 atom stereocenters. The zero-order chi connectivity index (χ0) is 21.3. The number of carbonyl (C=O) groups is 2. The van der Waals surface area contributed by atoms with Crippen LogP contribution in [0.15, 0.2) is 72.8 Å². The van der Waals surface area contributed by atoms with Crippen molar-refractivity contribution in [2.24, 2.45) is 0 Å². The lowest BCUT2D eigenvalue weighted by Gasteiger charge is -2.09. The highest BCUT2D eigenvalue weighted by Gasteiger charge is 2.08. The summed E-state index contributed by atoms with van der Waals surface area (Å²) in [6.45, 7) is 2.52. The molecule has 3 aromatic rings. The third kappa shape index (κ3) is 6.07. The molecule has 30 heavy (non-hydrogen) atoms. The molecule has 6 nitrogen and oxygen atoms in total. The average molecular weight is 407 g/mol. The second-order valence-electron chi connectivity index (χ2n) is 6.40. The molecule has 0 aromatic heterocycles. The van der Waals surface area contributed by atoms with Gasteiger partial charge in [0.25, 0.3) is 5.91 Å². The van der Waals surface area contributed by atoms with E-state index in [0.717, 1.165) is 5.75 Å². The Hall–Kier alpha value is -3.87. The number of ether oxygens (including phenoxy) is 1. The van der Waals surface area contributed by atoms with E-state index in [4.69, 9.17) is 4.74 Å². The van der Waals surface area contributed by atoms with Crippen molar-refractivity contribution in [3.63, 3.8) is 0 Å². The largest absolute Gasteiger partial charge is 0.494 e. The Balaban J connectivity index is 1.50. The molecule has 0 saturated heterocycles. The fraction of sp³-hybridized carbons (Fsp3) is 0.130. The van der Waals surface area contributed by atoms with Crippen molar-refractivity contribution in [3.05, 3.63) is 84.2 Å². The Morgan fingerprint density at radius 2 is 1.37 bits per heavy atom. The van der Waals surface area contributed by atoms with Gasteiger partial charge in [-0.25, -0.2) is 4.39 Å². The van der Waals surface area contributed by atoms with Crippen LogP contribution in [-0.4, -0.2) is 25.0 Å². The van der Waals surface area contributed by atoms with Gasteiger partial charge in [0.2, 0.25) is 5.91 Å². The van der Waals surface area contributed by atoms with Crippen LogP contribution < -0.4 is 20.7 Å². The highest BCUT2D eigenvalue weighted by molar-refractivity contribution is 6.04. The third-order valence-electron chi connectivity index (χ3n) is 4.15. The molecule has 0 saturated carbocycles. The third-order valence-corrected chi connectivity index (χ3v) is 4.15. The number of benzene rings is 3. The van der Waals surface area contributed by atoms with Crippen molar-refractivity contribution in [3.8, 4) is 5.75 Å². The lowest BCUT2D eigenvalue weighted by Crippen LogP contribution is -2.21. The summed E-state index contributed by atoms with van der Waals surface area (Å²) < 4.78 is 18.3. The molecule has 0 aliphatic carbocycles. The van der Waals surface area contributed by atoms with Crippen LogP contribution in [0.5, 0.6) is 5.75 Å². The van der Waals surface area contributed by atoms with Gasteiger partial charge in [-0.05, 0) is 79.7 Å². The predicted molar refractivity (Wildman–Crippen MR) is 116 cm³/mol. The second-order valence-corrected chi connectivity index (χ2v) is 6.40. The number of halogens is 1. The molecule has 0 aliphatic rings. The van der Waals surface area contributed by atoms with Gasteiger partial charge < -0.3 is 20.7 Å². The van der Waals surface area contributed by atoms with Gasteiger partial charge in [0.1, 0.15) is 11.6 Å². The van der Waals surface area contributed by atoms with E-state index in [2.05, 4.69) is 16.0 Å². The number of anilines is 3. The standard InChI is InChI=1S/C23H22FN3O3/c1-2-30-21-13-11-20(12-14-21)27-23(29)16-3-7-19(8-4-16)26-22(28)15-25-18-9-5-17(24)6-10-18/h3-14,25H,2,15H2,1H3,(H,26,28)(H,27,29). The molecular weight excluding hydrogens is 385 g/mol. The molecule has 3 N–H and O–H groups in total. The maximum Gasteiger partial charge on any atom is 0.255 e. The first-order chi connectivity index (χ1) is 14.5. The van der Waals surface area contributed by atoms with Crippen LogP contribution in [0.1, 0.15) is 17.3 Å². The SMILES string of the molecule is CCOc1ccc(NC(=O)c2ccc(NC(=O)CNc3ccc(F)cc3)cc2)cc1. The second kappa shape index (κ2) is 10.1. The van der Waals surface area contributed by atoms with Gasteiger partial charge in [0, 0.05) is 22.6 Å². The summed E-state index contributed by atoms with van der Waals surface area (Å²) in [4.78, 5) is 24.4. The Morgan fingerprint density at radius 3 is 2.00 bits per heavy atom. The molecule has 0 heterocycles. The molecular formula is C23H22FN3O3. The highest BCUT2D eigenvalue weighted by atomic mass is 19.1. The molecule has 7 heteroatoms. The van der Waals surface area contributed by atoms with E-state index in [9.17, 15) is 14.0 Å². The van der Waals surface area contributed by atoms with Gasteiger partial charge in [-0.2, -0.15) is 0 Å². The molecule has 2 amide bonds. The van der Waals surface area contributed by atoms with E-state index in [1.54, 1.807) is 60.7 Å². The van der Waals surface area contributed by atoms with E-state index < -0.39 is 0 Å². The summed E-state index contributed by atoms with van der Waals surface area (Å²) in [7, 11) is 0. The fourth-order valence-electron chi connectivity index (χ4n) is 2.66. The van der Waals surface area contributed by atoms with Gasteiger partial charge >= 0.3 is 0 Å². The van der Waals surface area contributed by atoms with E-state index in [1.807, 2.05) is 6.92 Å². The Morgan fingerprint density at radius 1 is 0.800 bits per heavy atom. The van der Waals surface area contributed by atoms with Crippen molar-refractivity contribution < 1.29 is 18.7 Å². The van der Waals surface area contributed by atoms with Gasteiger partial charge in [-0.15, -0.1) is 0 Å². The average Bonchev–Trinajstić information content (AvgIpc) is 2.75. The minimum Gasteiger partial charge on any atom is -0.494 e. The zero-order valence-electron chi connectivity index (χ0n) is 16.4. The minimum atomic E-state index is -0.336. The first kappa shape index (κ1) is 20.9. The fourth-order valence-corrected chi connectivity index (χ4v) is 2.66. The van der Waals surface area contributed by atoms with E-state index in [-0.39, 0.29) is 24.2 Å². The lowest BCUT2D eigenvalue weighted by molar-refractivity contribution is -0.114. The summed E-state index contributed by atoms with van der Waals surface area (Å²) in [5, 5.41) is 8.46. The first-order valence-electron chi connectivity index (χ1n) is 9.47. The van der Waals surface area contributed by atoms with Crippen LogP contribution in [0.3, 0.4) is 0 Å². The Kier molecular flexibility index (Phi) is 7.00. The summed E-state index contributed by atoms with van der Waals surface area (Å²) in [5.74, 6) is -0.109. The topological polar surface area (TPSA) is 79.5 Å². The zero-order valence-corrected chi connectivity index (χ0v) is 16.4. The maximum absolute atomic E-state index is 12.9. The minimum absolute atomic E-state index is 0.0333. The van der Waals surface area contributed by atoms with Gasteiger partial charge in [0.05, 0.1) is 13.2 Å². The highest BCUT2D eigenvalue weighted by Crippen LogP contribution is 2.17. The van der Waals surface area contributed by atoms with Crippen molar-refractivity contribution in [1.29, 1.82) is 0 Å². The van der Waals surface area contributed by atoms with Crippen LogP contribution in [0.2, 0.25) is 0 Å². The number of rotatable bonds is 8. The maximum atomic E-state index is 12.9. The quantitative estimate of drug-likeness (QED) is 0.513. The number of hydrogen-bond acceptors (Lipinski definition) is 4. The molecule has 0 radical (unpaired) electrons. The summed E-state index contributed by atoms with van der Waals surface area (Å²) in [6.07, 6.45) is 0. The van der Waals surface area contributed by atoms with Gasteiger partial charge in [-0.1, -0.05) is 0 Å². The number of hydrogen-bond donors (Lipinski definition) is 3. The van der Waals surface area contributed by atoms with Gasteiger partial charge in [0.15, 0.2) is 0 Å². The van der Waals surface area contributed by atoms with Gasteiger partial charge in [-0.3, -0.25) is 9.59 Å². The summed E-state index contributed by atoms with van der Waals surface area (Å²) in [5.41, 5.74) is 2.34. The monoisotopic (exact) mass is 407 g/mol. The Bertz CT molecular complexity index is 988. The number of nitrogens with one attached hydrogen (secondary N) is 3. The molecule has 0 aliphatic heterocycles. The van der Waals surface area contributed by atoms with Crippen LogP contribution in [0.25, 0.3) is 0 Å². The molecule has 3 aromatic carbocycles. The normalized spacial score (nSPS) is 10.2. The van der Waals surface area contributed by atoms with Crippen LogP contribution >= 0.6 is 0 Å². The predicted octanol–water partition coefficient (Wildman–Crippen LogP) is 4.53. The molecule has 0 fully saturated rings. The smallest absolute Gasteiger partial charge is 0.255 e. The molecule has 0 spiro atoms. The molecule has 0 unspecified atom stereocenters. The van der Waals surface area contributed by atoms with Crippen LogP contribution in [0.4, 0.5) is 21.5 Å². The van der Waals surface area contributed by atoms with Crippen molar-refractivity contribution in [2.45, 2.75) is 6.92 Å². The molecule has 3 rings (SSSR count). The summed E-state index contributed by atoms with van der Waals surface area (Å²) in [6, 6.07) is 19.4. The number of carbonyl (C=O) groups excluding carboxylic acids is 2. The molecule has 154 valence electrons. The van der Waals surface area contributed by atoms with Crippen molar-refractivity contribution in [1.82, 2.24) is 0 Å². The Labute approximate surface area is 174 Å². The van der Waals surface area contributed by atoms with Crippen molar-refractivity contribution >= 4 is 28.9 Å². The van der Waals surface area contributed by atoms with Crippen LogP contribution in [-0.2, 0) is 4.79 Å². The van der Waals surface area contributed by atoms with E-state index in [1.165, 1.54) is 12.1 Å². The van der Waals surface area contributed by atoms with Crippen molar-refractivity contribution in [2.75, 3.05) is 29.1 Å². The number of amides is 2. The first-order valence-corrected chi connectivity index (χ1v) is 9.47. The molecule has 0 bridgehead atoms. The summed E-state index contributed by atoms with van der Waals surface area (Å²) >= 11 is 0. The van der Waals surface area contributed by atoms with E-state index >= 15 is 0 Å².